The van der Waals surface area contributed by atoms with E-state index in [1.54, 1.807) is 25.9 Å². The van der Waals surface area contributed by atoms with Crippen LogP contribution in [-0.2, 0) is 34.3 Å². The third-order valence-corrected chi connectivity index (χ3v) is 7.42. The molecule has 162 valence electrons. The first-order valence-corrected chi connectivity index (χ1v) is 11.4. The van der Waals surface area contributed by atoms with Crippen molar-refractivity contribution in [3.05, 3.63) is 58.0 Å². The molecule has 0 saturated heterocycles. The molecule has 2 heterocycles. The Labute approximate surface area is 176 Å². The van der Waals surface area contributed by atoms with Crippen molar-refractivity contribution < 1.29 is 17.9 Å². The number of aromatic nitrogens is 1. The van der Waals surface area contributed by atoms with Gasteiger partial charge in [-0.05, 0) is 35.7 Å². The summed E-state index contributed by atoms with van der Waals surface area (Å²) >= 11 is 0. The zero-order chi connectivity index (χ0) is 21.9. The molecular weight excluding hydrogens is 406 g/mol. The summed E-state index contributed by atoms with van der Waals surface area (Å²) in [5, 5.41) is 0. The fraction of sp³-hybridized carbons (Fsp3) is 0.429. The zero-order valence-electron chi connectivity index (χ0n) is 17.5. The van der Waals surface area contributed by atoms with Crippen molar-refractivity contribution in [1.29, 1.82) is 0 Å². The highest BCUT2D eigenvalue weighted by atomic mass is 32.2. The van der Waals surface area contributed by atoms with Gasteiger partial charge in [-0.25, -0.2) is 8.42 Å². The van der Waals surface area contributed by atoms with Crippen LogP contribution in [-0.4, -0.2) is 54.8 Å². The maximum atomic E-state index is 12.9. The molecule has 0 N–H and O–H groups in total. The second kappa shape index (κ2) is 9.01. The molecule has 0 unspecified atom stereocenters. The molecule has 3 rings (SSSR count). The normalized spacial score (nSPS) is 13.9. The van der Waals surface area contributed by atoms with Crippen LogP contribution in [0.4, 0.5) is 0 Å². The number of carbonyl (C=O) groups is 1. The van der Waals surface area contributed by atoms with Crippen molar-refractivity contribution in [2.45, 2.75) is 38.3 Å². The van der Waals surface area contributed by atoms with Crippen LogP contribution >= 0.6 is 0 Å². The molecule has 1 aliphatic rings. The molecule has 2 aromatic rings. The van der Waals surface area contributed by atoms with E-state index < -0.39 is 15.6 Å². The largest absolute Gasteiger partial charge is 0.497 e. The molecule has 0 fully saturated rings. The smallest absolute Gasteiger partial charge is 0.251 e. The van der Waals surface area contributed by atoms with Crippen LogP contribution in [0.15, 0.2) is 46.2 Å². The maximum Gasteiger partial charge on any atom is 0.251 e. The number of benzene rings is 1. The van der Waals surface area contributed by atoms with Gasteiger partial charge in [0, 0.05) is 38.4 Å². The number of methoxy groups -OCH3 is 1. The minimum atomic E-state index is -3.71. The quantitative estimate of drug-likeness (QED) is 0.660. The summed E-state index contributed by atoms with van der Waals surface area (Å²) in [5.74, 6) is 0.497. The molecule has 0 bridgehead atoms. The van der Waals surface area contributed by atoms with Gasteiger partial charge >= 0.3 is 0 Å². The van der Waals surface area contributed by atoms with Crippen LogP contribution in [0.5, 0.6) is 5.75 Å². The molecule has 0 radical (unpaired) electrons. The molecule has 8 nitrogen and oxygen atoms in total. The molecule has 9 heteroatoms. The van der Waals surface area contributed by atoms with Gasteiger partial charge in [0.05, 0.1) is 12.0 Å². The summed E-state index contributed by atoms with van der Waals surface area (Å²) in [6.07, 6.45) is 1.98. The van der Waals surface area contributed by atoms with E-state index in [0.29, 0.717) is 26.2 Å². The Morgan fingerprint density at radius 3 is 2.53 bits per heavy atom. The fourth-order valence-corrected chi connectivity index (χ4v) is 5.10. The predicted molar refractivity (Wildman–Crippen MR) is 113 cm³/mol. The molecule has 0 saturated carbocycles. The van der Waals surface area contributed by atoms with Crippen molar-refractivity contribution in [2.75, 3.05) is 26.7 Å². The summed E-state index contributed by atoms with van der Waals surface area (Å²) < 4.78 is 33.2. The minimum absolute atomic E-state index is 0.00678. The van der Waals surface area contributed by atoms with Gasteiger partial charge in [-0.3, -0.25) is 9.59 Å². The maximum absolute atomic E-state index is 12.9. The van der Waals surface area contributed by atoms with Crippen molar-refractivity contribution in [1.82, 2.24) is 13.8 Å². The molecule has 30 heavy (non-hydrogen) atoms. The van der Waals surface area contributed by atoms with Crippen molar-refractivity contribution >= 4 is 15.9 Å². The lowest BCUT2D eigenvalue weighted by Crippen LogP contribution is -2.40. The van der Waals surface area contributed by atoms with Crippen LogP contribution in [0.3, 0.4) is 0 Å². The molecule has 0 aliphatic carbocycles. The second-order valence-corrected chi connectivity index (χ2v) is 9.06. The summed E-state index contributed by atoms with van der Waals surface area (Å²) in [5.41, 5.74) is 1.77. The highest BCUT2D eigenvalue weighted by Crippen LogP contribution is 2.24. The zero-order valence-corrected chi connectivity index (χ0v) is 18.3. The standard InChI is InChI=1S/C21H27N3O5S/c1-4-24(5-2)30(27,28)19-8-9-20(25)23(14-19)15-21(26)22-11-10-16-6-7-18(29-3)12-17(16)13-22/h6-9,12,14H,4-5,10-11,13,15H2,1-3H3. The van der Waals surface area contributed by atoms with E-state index >= 15 is 0 Å². The van der Waals surface area contributed by atoms with Gasteiger partial charge in [0.15, 0.2) is 0 Å². The van der Waals surface area contributed by atoms with Crippen molar-refractivity contribution in [2.24, 2.45) is 0 Å². The Balaban J connectivity index is 1.81. The number of hydrogen-bond acceptors (Lipinski definition) is 5. The van der Waals surface area contributed by atoms with Gasteiger partial charge in [-0.1, -0.05) is 19.9 Å². The first-order chi connectivity index (χ1) is 14.3. The number of ether oxygens (including phenoxy) is 1. The van der Waals surface area contributed by atoms with Gasteiger partial charge < -0.3 is 14.2 Å². The van der Waals surface area contributed by atoms with E-state index in [2.05, 4.69) is 0 Å². The number of nitrogens with zero attached hydrogens (tertiary/aromatic N) is 3. The monoisotopic (exact) mass is 433 g/mol. The minimum Gasteiger partial charge on any atom is -0.497 e. The molecule has 1 aromatic heterocycles. The third kappa shape index (κ3) is 4.41. The van der Waals surface area contributed by atoms with Crippen LogP contribution in [0.1, 0.15) is 25.0 Å². The summed E-state index contributed by atoms with van der Waals surface area (Å²) in [6.45, 7) is 4.93. The first kappa shape index (κ1) is 22.0. The number of carbonyl (C=O) groups excluding carboxylic acids is 1. The van der Waals surface area contributed by atoms with Crippen molar-refractivity contribution in [3.8, 4) is 5.75 Å². The SMILES string of the molecule is CCN(CC)S(=O)(=O)c1ccc(=O)n(CC(=O)N2CCc3ccc(OC)cc3C2)c1. The molecule has 0 spiro atoms. The Bertz CT molecular complexity index is 1090. The highest BCUT2D eigenvalue weighted by Gasteiger charge is 2.24. The van der Waals surface area contributed by atoms with Crippen LogP contribution < -0.4 is 10.3 Å². The van der Waals surface area contributed by atoms with Gasteiger partial charge in [0.2, 0.25) is 15.9 Å². The number of rotatable bonds is 7. The Morgan fingerprint density at radius 2 is 1.87 bits per heavy atom. The number of fused-ring (bicyclic) bond motifs is 1. The average Bonchev–Trinajstić information content (AvgIpc) is 2.74. The molecular formula is C21H27N3O5S. The Hall–Kier alpha value is -2.65. The number of sulfonamides is 1. The van der Waals surface area contributed by atoms with E-state index in [4.69, 9.17) is 4.74 Å². The fourth-order valence-electron chi connectivity index (χ4n) is 3.62. The van der Waals surface area contributed by atoms with Gasteiger partial charge in [-0.2, -0.15) is 4.31 Å². The van der Waals surface area contributed by atoms with E-state index in [0.717, 1.165) is 17.7 Å². The summed E-state index contributed by atoms with van der Waals surface area (Å²) in [6, 6.07) is 8.30. The second-order valence-electron chi connectivity index (χ2n) is 7.12. The first-order valence-electron chi connectivity index (χ1n) is 9.94. The molecule has 1 amide bonds. The summed E-state index contributed by atoms with van der Waals surface area (Å²) in [7, 11) is -2.12. The lowest BCUT2D eigenvalue weighted by atomic mass is 9.99. The van der Waals surface area contributed by atoms with Crippen LogP contribution in [0, 0.1) is 0 Å². The van der Waals surface area contributed by atoms with E-state index in [-0.39, 0.29) is 17.3 Å². The topological polar surface area (TPSA) is 88.9 Å². The number of pyridine rings is 1. The lowest BCUT2D eigenvalue weighted by Gasteiger charge is -2.29. The Kier molecular flexibility index (Phi) is 6.62. The van der Waals surface area contributed by atoms with Gasteiger partial charge in [0.25, 0.3) is 5.56 Å². The van der Waals surface area contributed by atoms with Gasteiger partial charge in [-0.15, -0.1) is 0 Å². The third-order valence-electron chi connectivity index (χ3n) is 5.38. The van der Waals surface area contributed by atoms with Crippen molar-refractivity contribution in [3.63, 3.8) is 0 Å². The Morgan fingerprint density at radius 1 is 1.13 bits per heavy atom. The number of hydrogen-bond donors (Lipinski definition) is 0. The average molecular weight is 434 g/mol. The predicted octanol–water partition coefficient (Wildman–Crippen LogP) is 1.47. The highest BCUT2D eigenvalue weighted by molar-refractivity contribution is 7.89. The number of amides is 1. The van der Waals surface area contributed by atoms with E-state index in [1.165, 1.54) is 32.8 Å². The summed E-state index contributed by atoms with van der Waals surface area (Å²) in [4.78, 5) is 26.8. The van der Waals surface area contributed by atoms with Crippen LogP contribution in [0.2, 0.25) is 0 Å². The molecule has 0 atom stereocenters. The van der Waals surface area contributed by atoms with Gasteiger partial charge in [0.1, 0.15) is 12.3 Å². The van der Waals surface area contributed by atoms with E-state index in [1.807, 2.05) is 18.2 Å². The molecule has 1 aromatic carbocycles. The molecule has 1 aliphatic heterocycles. The van der Waals surface area contributed by atoms with Crippen LogP contribution in [0.25, 0.3) is 0 Å². The lowest BCUT2D eigenvalue weighted by molar-refractivity contribution is -0.132. The van der Waals surface area contributed by atoms with E-state index in [9.17, 15) is 18.0 Å².